The van der Waals surface area contributed by atoms with Crippen LogP contribution < -0.4 is 15.4 Å². The fourth-order valence-corrected chi connectivity index (χ4v) is 5.95. The quantitative estimate of drug-likeness (QED) is 0.346. The standard InChI is InChI=1S/C32H29Cl2N3O2/c1-18-13-19(2)25(15-21(18)17-39-29-12-9-23(34)14-20(29)3)30-26(16-35)32(36)37(24-10-7-22(33)8-11-24)27-5-4-6-28(38)31(27)30/h7-15,30H,4-6,17,36H2,1-3H3. The number of nitrogens with zero attached hydrogens (tertiary/aromatic N) is 2. The molecule has 0 bridgehead atoms. The molecule has 2 aliphatic rings. The molecule has 1 atom stereocenters. The van der Waals surface area contributed by atoms with Gasteiger partial charge in [0.05, 0.1) is 17.6 Å². The summed E-state index contributed by atoms with van der Waals surface area (Å²) in [7, 11) is 0. The maximum atomic E-state index is 13.5. The fraction of sp³-hybridized carbons (Fsp3) is 0.250. The van der Waals surface area contributed by atoms with E-state index in [9.17, 15) is 10.1 Å². The number of ketones is 1. The molecule has 5 rings (SSSR count). The molecule has 7 heteroatoms. The maximum Gasteiger partial charge on any atom is 0.161 e. The Kier molecular flexibility index (Phi) is 7.44. The van der Waals surface area contributed by atoms with E-state index in [2.05, 4.69) is 18.2 Å². The van der Waals surface area contributed by atoms with E-state index in [1.807, 2.05) is 49.9 Å². The van der Waals surface area contributed by atoms with Crippen molar-refractivity contribution in [2.24, 2.45) is 5.73 Å². The van der Waals surface area contributed by atoms with Crippen LogP contribution in [0, 0.1) is 32.1 Å². The van der Waals surface area contributed by atoms with E-state index in [-0.39, 0.29) is 5.78 Å². The minimum atomic E-state index is -0.544. The molecule has 198 valence electrons. The van der Waals surface area contributed by atoms with Crippen molar-refractivity contribution < 1.29 is 9.53 Å². The van der Waals surface area contributed by atoms with Crippen LogP contribution in [0.3, 0.4) is 0 Å². The number of hydrogen-bond donors (Lipinski definition) is 1. The Morgan fingerprint density at radius 3 is 2.38 bits per heavy atom. The third-order valence-electron chi connectivity index (χ3n) is 7.55. The molecule has 1 heterocycles. The van der Waals surface area contributed by atoms with Crippen molar-refractivity contribution in [3.63, 3.8) is 0 Å². The number of nitriles is 1. The maximum absolute atomic E-state index is 13.5. The molecule has 1 aliphatic carbocycles. The minimum Gasteiger partial charge on any atom is -0.489 e. The van der Waals surface area contributed by atoms with E-state index in [1.54, 1.807) is 18.2 Å². The molecular weight excluding hydrogens is 529 g/mol. The number of Topliss-reactive ketones (excluding diaryl/α,β-unsaturated/α-hetero) is 1. The Labute approximate surface area is 239 Å². The average Bonchev–Trinajstić information content (AvgIpc) is 2.89. The molecule has 39 heavy (non-hydrogen) atoms. The van der Waals surface area contributed by atoms with Crippen molar-refractivity contribution in [2.75, 3.05) is 4.90 Å². The van der Waals surface area contributed by atoms with Crippen molar-refractivity contribution in [3.8, 4) is 11.8 Å². The molecule has 0 amide bonds. The summed E-state index contributed by atoms with van der Waals surface area (Å²) < 4.78 is 6.17. The Bertz CT molecular complexity index is 1580. The van der Waals surface area contributed by atoms with Gasteiger partial charge < -0.3 is 10.5 Å². The van der Waals surface area contributed by atoms with Crippen LogP contribution in [0.4, 0.5) is 5.69 Å². The van der Waals surface area contributed by atoms with E-state index < -0.39 is 5.92 Å². The monoisotopic (exact) mass is 557 g/mol. The van der Waals surface area contributed by atoms with Crippen LogP contribution in [0.25, 0.3) is 0 Å². The van der Waals surface area contributed by atoms with Crippen molar-refractivity contribution in [1.82, 2.24) is 0 Å². The van der Waals surface area contributed by atoms with Crippen molar-refractivity contribution in [1.29, 1.82) is 5.26 Å². The first-order chi connectivity index (χ1) is 18.7. The summed E-state index contributed by atoms with van der Waals surface area (Å²) in [6.07, 6.45) is 1.87. The normalized spacial score (nSPS) is 17.3. The highest BCUT2D eigenvalue weighted by molar-refractivity contribution is 6.31. The number of carbonyl (C=O) groups is 1. The lowest BCUT2D eigenvalue weighted by Gasteiger charge is -2.40. The zero-order valence-electron chi connectivity index (χ0n) is 22.1. The van der Waals surface area contributed by atoms with Crippen LogP contribution in [0.15, 0.2) is 77.3 Å². The number of rotatable bonds is 5. The highest BCUT2D eigenvalue weighted by atomic mass is 35.5. The van der Waals surface area contributed by atoms with Crippen LogP contribution in [-0.2, 0) is 11.4 Å². The van der Waals surface area contributed by atoms with Gasteiger partial charge in [-0.15, -0.1) is 0 Å². The van der Waals surface area contributed by atoms with Crippen LogP contribution >= 0.6 is 23.2 Å². The first-order valence-corrected chi connectivity index (χ1v) is 13.7. The van der Waals surface area contributed by atoms with Crippen LogP contribution in [0.1, 0.15) is 53.0 Å². The number of carbonyl (C=O) groups excluding carboxylic acids is 1. The molecule has 0 aromatic heterocycles. The van der Waals surface area contributed by atoms with Gasteiger partial charge in [0.1, 0.15) is 18.2 Å². The first kappa shape index (κ1) is 26.9. The molecule has 1 aliphatic heterocycles. The van der Waals surface area contributed by atoms with Gasteiger partial charge in [-0.05, 0) is 104 Å². The van der Waals surface area contributed by atoms with E-state index in [0.717, 1.165) is 51.4 Å². The minimum absolute atomic E-state index is 0.0510. The number of anilines is 1. The lowest BCUT2D eigenvalue weighted by molar-refractivity contribution is -0.116. The van der Waals surface area contributed by atoms with Crippen LogP contribution in [-0.4, -0.2) is 5.78 Å². The number of halogens is 2. The predicted octanol–water partition coefficient (Wildman–Crippen LogP) is 7.80. The molecule has 0 saturated heterocycles. The Hall–Kier alpha value is -3.72. The third-order valence-corrected chi connectivity index (χ3v) is 8.04. The Morgan fingerprint density at radius 2 is 1.69 bits per heavy atom. The van der Waals surface area contributed by atoms with Gasteiger partial charge in [0, 0.05) is 33.4 Å². The van der Waals surface area contributed by atoms with Gasteiger partial charge in [0.25, 0.3) is 0 Å². The number of ether oxygens (including phenoxy) is 1. The summed E-state index contributed by atoms with van der Waals surface area (Å²) in [6.45, 7) is 6.35. The SMILES string of the molecule is Cc1cc(C)c(C2C(C#N)=C(N)N(c3ccc(Cl)cc3)C3=C2C(=O)CCC3)cc1COc1ccc(Cl)cc1C. The number of hydrogen-bond acceptors (Lipinski definition) is 5. The van der Waals surface area contributed by atoms with Crippen LogP contribution in [0.2, 0.25) is 10.0 Å². The summed E-state index contributed by atoms with van der Waals surface area (Å²) >= 11 is 12.2. The highest BCUT2D eigenvalue weighted by Crippen LogP contribution is 2.47. The van der Waals surface area contributed by atoms with E-state index in [0.29, 0.717) is 46.5 Å². The second kappa shape index (κ2) is 10.8. The molecule has 0 saturated carbocycles. The molecule has 2 N–H and O–H groups in total. The van der Waals surface area contributed by atoms with E-state index in [4.69, 9.17) is 33.7 Å². The van der Waals surface area contributed by atoms with Gasteiger partial charge >= 0.3 is 0 Å². The zero-order chi connectivity index (χ0) is 27.8. The lowest BCUT2D eigenvalue weighted by Crippen LogP contribution is -2.38. The average molecular weight is 559 g/mol. The smallest absolute Gasteiger partial charge is 0.161 e. The van der Waals surface area contributed by atoms with E-state index in [1.165, 1.54) is 0 Å². The summed E-state index contributed by atoms with van der Waals surface area (Å²) in [5, 5.41) is 11.7. The highest BCUT2D eigenvalue weighted by Gasteiger charge is 2.41. The van der Waals surface area contributed by atoms with Gasteiger partial charge in [0.2, 0.25) is 0 Å². The van der Waals surface area contributed by atoms with Gasteiger partial charge in [-0.2, -0.15) is 5.26 Å². The molecule has 5 nitrogen and oxygen atoms in total. The van der Waals surface area contributed by atoms with Crippen molar-refractivity contribution in [3.05, 3.63) is 115 Å². The molecule has 0 radical (unpaired) electrons. The summed E-state index contributed by atoms with van der Waals surface area (Å²) in [6, 6.07) is 19.3. The number of allylic oxidation sites excluding steroid dienone is 3. The van der Waals surface area contributed by atoms with Gasteiger partial charge in [-0.25, -0.2) is 0 Å². The summed E-state index contributed by atoms with van der Waals surface area (Å²) in [4.78, 5) is 15.4. The van der Waals surface area contributed by atoms with Gasteiger partial charge in [-0.3, -0.25) is 9.69 Å². The molecular formula is C32H29Cl2N3O2. The van der Waals surface area contributed by atoms with Gasteiger partial charge in [0.15, 0.2) is 5.78 Å². The number of nitrogens with two attached hydrogens (primary N) is 1. The second-order valence-corrected chi connectivity index (χ2v) is 11.0. The molecule has 1 unspecified atom stereocenters. The molecule has 3 aromatic rings. The molecule has 0 spiro atoms. The number of aryl methyl sites for hydroxylation is 3. The second-order valence-electron chi connectivity index (χ2n) is 10.1. The topological polar surface area (TPSA) is 79.4 Å². The van der Waals surface area contributed by atoms with Crippen molar-refractivity contribution in [2.45, 2.75) is 52.6 Å². The zero-order valence-corrected chi connectivity index (χ0v) is 23.7. The first-order valence-electron chi connectivity index (χ1n) is 12.9. The fourth-order valence-electron chi connectivity index (χ4n) is 5.60. The summed E-state index contributed by atoms with van der Waals surface area (Å²) in [5.41, 5.74) is 14.3. The summed E-state index contributed by atoms with van der Waals surface area (Å²) in [5.74, 6) is 0.604. The molecule has 0 fully saturated rings. The Morgan fingerprint density at radius 1 is 0.974 bits per heavy atom. The van der Waals surface area contributed by atoms with Gasteiger partial charge in [-0.1, -0.05) is 35.3 Å². The van der Waals surface area contributed by atoms with Crippen LogP contribution in [0.5, 0.6) is 5.75 Å². The predicted molar refractivity (Wildman–Crippen MR) is 156 cm³/mol. The van der Waals surface area contributed by atoms with E-state index >= 15 is 0 Å². The molecule has 3 aromatic carbocycles. The largest absolute Gasteiger partial charge is 0.489 e. The third kappa shape index (κ3) is 5.03. The van der Waals surface area contributed by atoms with Crippen molar-refractivity contribution >= 4 is 34.7 Å². The number of benzene rings is 3. The Balaban J connectivity index is 1.61. The lowest BCUT2D eigenvalue weighted by atomic mass is 9.74.